The Morgan fingerprint density at radius 1 is 1.41 bits per heavy atom. The number of hydrogen-bond acceptors (Lipinski definition) is 2. The van der Waals surface area contributed by atoms with Gasteiger partial charge in [0.25, 0.3) is 0 Å². The number of halogens is 1. The molecule has 0 unspecified atom stereocenters. The molecule has 0 radical (unpaired) electrons. The molecule has 0 saturated heterocycles. The molecule has 0 aromatic heterocycles. The minimum absolute atomic E-state index is 0.0671. The van der Waals surface area contributed by atoms with E-state index in [2.05, 4.69) is 34.1 Å². The molecule has 3 heteroatoms. The highest BCUT2D eigenvalue weighted by molar-refractivity contribution is 9.10. The van der Waals surface area contributed by atoms with Gasteiger partial charge in [0, 0.05) is 10.9 Å². The van der Waals surface area contributed by atoms with Crippen molar-refractivity contribution in [3.8, 4) is 0 Å². The maximum atomic E-state index is 11.1. The van der Waals surface area contributed by atoms with E-state index >= 15 is 0 Å². The van der Waals surface area contributed by atoms with E-state index in [9.17, 15) is 4.79 Å². The number of carbonyl (C=O) groups is 1. The Bertz CT molecular complexity index is 422. The first-order valence-electron chi connectivity index (χ1n) is 5.72. The molecular formula is C14H15BrO2. The Hall–Kier alpha value is -0.930. The third-order valence-electron chi connectivity index (χ3n) is 2.77. The summed E-state index contributed by atoms with van der Waals surface area (Å²) in [6.07, 6.45) is 5.41. The van der Waals surface area contributed by atoms with Crippen LogP contribution in [0.25, 0.3) is 0 Å². The summed E-state index contributed by atoms with van der Waals surface area (Å²) in [5.41, 5.74) is 1.16. The fourth-order valence-corrected chi connectivity index (χ4v) is 2.22. The molecule has 1 aliphatic rings. The highest BCUT2D eigenvalue weighted by Gasteiger charge is 2.20. The molecule has 0 fully saturated rings. The second-order valence-corrected chi connectivity index (χ2v) is 5.20. The van der Waals surface area contributed by atoms with Crippen LogP contribution in [0.5, 0.6) is 0 Å². The number of carbonyl (C=O) groups excluding carboxylic acids is 1. The van der Waals surface area contributed by atoms with Gasteiger partial charge in [-0.3, -0.25) is 4.79 Å². The number of ketones is 1. The first-order chi connectivity index (χ1) is 8.15. The van der Waals surface area contributed by atoms with Crippen LogP contribution in [0.4, 0.5) is 0 Å². The zero-order valence-electron chi connectivity index (χ0n) is 9.73. The van der Waals surface area contributed by atoms with E-state index in [-0.39, 0.29) is 18.0 Å². The van der Waals surface area contributed by atoms with Gasteiger partial charge < -0.3 is 4.74 Å². The third kappa shape index (κ3) is 3.51. The first-order valence-corrected chi connectivity index (χ1v) is 6.51. The van der Waals surface area contributed by atoms with E-state index in [1.165, 1.54) is 0 Å². The van der Waals surface area contributed by atoms with Crippen molar-refractivity contribution in [1.82, 2.24) is 0 Å². The Balaban J connectivity index is 2.06. The van der Waals surface area contributed by atoms with E-state index in [1.807, 2.05) is 18.2 Å². The molecule has 17 heavy (non-hydrogen) atoms. The van der Waals surface area contributed by atoms with Crippen LogP contribution in [-0.2, 0) is 9.53 Å². The van der Waals surface area contributed by atoms with E-state index in [4.69, 9.17) is 4.74 Å². The second kappa shape index (κ2) is 5.61. The maximum Gasteiger partial charge on any atom is 0.132 e. The largest absolute Gasteiger partial charge is 0.365 e. The lowest BCUT2D eigenvalue weighted by atomic mass is 10.0. The van der Waals surface area contributed by atoms with Gasteiger partial charge in [-0.2, -0.15) is 0 Å². The van der Waals surface area contributed by atoms with Crippen molar-refractivity contribution in [2.75, 3.05) is 0 Å². The van der Waals surface area contributed by atoms with Crippen molar-refractivity contribution in [2.45, 2.75) is 32.0 Å². The Morgan fingerprint density at radius 3 is 2.76 bits per heavy atom. The van der Waals surface area contributed by atoms with E-state index < -0.39 is 0 Å². The molecule has 1 aliphatic heterocycles. The molecule has 1 heterocycles. The molecule has 0 spiro atoms. The summed E-state index contributed by atoms with van der Waals surface area (Å²) in [5, 5.41) is 0. The smallest absolute Gasteiger partial charge is 0.132 e. The average molecular weight is 295 g/mol. The van der Waals surface area contributed by atoms with Crippen LogP contribution < -0.4 is 0 Å². The molecule has 0 amide bonds. The van der Waals surface area contributed by atoms with Crippen molar-refractivity contribution in [3.05, 3.63) is 46.5 Å². The highest BCUT2D eigenvalue weighted by atomic mass is 79.9. The number of ether oxygens (including phenoxy) is 1. The van der Waals surface area contributed by atoms with Crippen molar-refractivity contribution < 1.29 is 9.53 Å². The summed E-state index contributed by atoms with van der Waals surface area (Å²) in [4.78, 5) is 11.1. The molecule has 0 aliphatic carbocycles. The quantitative estimate of drug-likeness (QED) is 0.793. The normalized spacial score (nSPS) is 23.6. The Kier molecular flexibility index (Phi) is 4.13. The van der Waals surface area contributed by atoms with Crippen LogP contribution >= 0.6 is 15.9 Å². The molecule has 0 saturated carbocycles. The van der Waals surface area contributed by atoms with Crippen LogP contribution in [0.1, 0.15) is 31.4 Å². The molecule has 1 aromatic carbocycles. The molecule has 1 aromatic rings. The zero-order chi connectivity index (χ0) is 12.3. The first kappa shape index (κ1) is 12.5. The summed E-state index contributed by atoms with van der Waals surface area (Å²) >= 11 is 3.41. The number of hydrogen-bond donors (Lipinski definition) is 0. The van der Waals surface area contributed by atoms with Gasteiger partial charge in [0.15, 0.2) is 0 Å². The zero-order valence-corrected chi connectivity index (χ0v) is 11.3. The molecule has 0 N–H and O–H groups in total. The van der Waals surface area contributed by atoms with Crippen molar-refractivity contribution >= 4 is 21.7 Å². The van der Waals surface area contributed by atoms with Gasteiger partial charge in [0.1, 0.15) is 5.78 Å². The van der Waals surface area contributed by atoms with Gasteiger partial charge >= 0.3 is 0 Å². The molecular weight excluding hydrogens is 280 g/mol. The van der Waals surface area contributed by atoms with Crippen molar-refractivity contribution in [2.24, 2.45) is 0 Å². The number of Topliss-reactive ketones (excluding diaryl/α,β-unsaturated/α-hetero) is 1. The van der Waals surface area contributed by atoms with Gasteiger partial charge in [0.05, 0.1) is 12.2 Å². The van der Waals surface area contributed by atoms with Crippen LogP contribution in [0.3, 0.4) is 0 Å². The Labute approximate surface area is 110 Å². The lowest BCUT2D eigenvalue weighted by Crippen LogP contribution is -2.20. The van der Waals surface area contributed by atoms with Crippen molar-refractivity contribution in [3.63, 3.8) is 0 Å². The van der Waals surface area contributed by atoms with Crippen LogP contribution in [0.15, 0.2) is 40.9 Å². The van der Waals surface area contributed by atoms with Crippen LogP contribution in [-0.4, -0.2) is 11.9 Å². The monoisotopic (exact) mass is 294 g/mol. The fourth-order valence-electron chi connectivity index (χ4n) is 1.96. The van der Waals surface area contributed by atoms with Gasteiger partial charge in [0.2, 0.25) is 0 Å². The SMILES string of the molecule is CC(=O)C[C@@H]1C=CC[C@H](c2ccc(Br)cc2)O1. The lowest BCUT2D eigenvalue weighted by molar-refractivity contribution is -0.120. The number of rotatable bonds is 3. The van der Waals surface area contributed by atoms with Crippen molar-refractivity contribution in [1.29, 1.82) is 0 Å². The molecule has 90 valence electrons. The lowest BCUT2D eigenvalue weighted by Gasteiger charge is -2.25. The predicted molar refractivity (Wildman–Crippen MR) is 70.8 cm³/mol. The second-order valence-electron chi connectivity index (χ2n) is 4.28. The van der Waals surface area contributed by atoms with Gasteiger partial charge in [-0.1, -0.05) is 40.2 Å². The van der Waals surface area contributed by atoms with Crippen LogP contribution in [0.2, 0.25) is 0 Å². The van der Waals surface area contributed by atoms with Gasteiger partial charge in [-0.15, -0.1) is 0 Å². The highest BCUT2D eigenvalue weighted by Crippen LogP contribution is 2.29. The topological polar surface area (TPSA) is 26.3 Å². The fraction of sp³-hybridized carbons (Fsp3) is 0.357. The van der Waals surface area contributed by atoms with E-state index in [1.54, 1.807) is 6.92 Å². The number of benzene rings is 1. The molecule has 2 nitrogen and oxygen atoms in total. The average Bonchev–Trinajstić information content (AvgIpc) is 2.29. The maximum absolute atomic E-state index is 11.1. The Morgan fingerprint density at radius 2 is 2.12 bits per heavy atom. The summed E-state index contributed by atoms with van der Waals surface area (Å²) in [7, 11) is 0. The predicted octanol–water partition coefficient (Wildman–Crippen LogP) is 3.81. The van der Waals surface area contributed by atoms with Gasteiger partial charge in [-0.25, -0.2) is 0 Å². The summed E-state index contributed by atoms with van der Waals surface area (Å²) in [6.45, 7) is 1.60. The summed E-state index contributed by atoms with van der Waals surface area (Å²) < 4.78 is 6.96. The van der Waals surface area contributed by atoms with Crippen LogP contribution in [0, 0.1) is 0 Å². The summed E-state index contributed by atoms with van der Waals surface area (Å²) in [5.74, 6) is 0.163. The minimum Gasteiger partial charge on any atom is -0.365 e. The summed E-state index contributed by atoms with van der Waals surface area (Å²) in [6, 6.07) is 8.13. The standard InChI is InChI=1S/C14H15BrO2/c1-10(16)9-13-3-2-4-14(17-13)11-5-7-12(15)8-6-11/h2-3,5-8,13-14H,4,9H2,1H3/t13-,14+/m0/s1. The molecule has 2 atom stereocenters. The molecule has 0 bridgehead atoms. The van der Waals surface area contributed by atoms with Gasteiger partial charge in [-0.05, 0) is 31.0 Å². The third-order valence-corrected chi connectivity index (χ3v) is 3.30. The van der Waals surface area contributed by atoms with E-state index in [0.717, 1.165) is 16.5 Å². The van der Waals surface area contributed by atoms with E-state index in [0.29, 0.717) is 6.42 Å². The molecule has 2 rings (SSSR count). The minimum atomic E-state index is -0.0742.